The Morgan fingerprint density at radius 3 is 2.50 bits per heavy atom. The largest absolute Gasteiger partial charge is 0.394 e. The highest BCUT2D eigenvalue weighted by molar-refractivity contribution is 4.93. The van der Waals surface area contributed by atoms with Crippen molar-refractivity contribution in [1.82, 2.24) is 15.1 Å². The lowest BCUT2D eigenvalue weighted by molar-refractivity contribution is 0.156. The first-order valence-corrected chi connectivity index (χ1v) is 8.21. The molecule has 1 aliphatic heterocycles. The molecule has 1 heterocycles. The molecule has 1 aliphatic carbocycles. The van der Waals surface area contributed by atoms with Gasteiger partial charge in [0.2, 0.25) is 0 Å². The van der Waals surface area contributed by atoms with Gasteiger partial charge in [-0.2, -0.15) is 0 Å². The number of aliphatic hydroxyl groups is 1. The van der Waals surface area contributed by atoms with E-state index in [1.165, 1.54) is 32.4 Å². The summed E-state index contributed by atoms with van der Waals surface area (Å²) in [6, 6.07) is 1.36. The average Bonchev–Trinajstić information content (AvgIpc) is 3.10. The monoisotopic (exact) mass is 283 g/mol. The van der Waals surface area contributed by atoms with Gasteiger partial charge < -0.3 is 20.2 Å². The number of nitrogens with zero attached hydrogens (tertiary/aromatic N) is 2. The van der Waals surface area contributed by atoms with Crippen molar-refractivity contribution < 1.29 is 5.11 Å². The molecular formula is C16H33N3O. The van der Waals surface area contributed by atoms with Crippen molar-refractivity contribution in [3.8, 4) is 0 Å². The van der Waals surface area contributed by atoms with Crippen LogP contribution in [0.4, 0.5) is 0 Å². The van der Waals surface area contributed by atoms with E-state index in [-0.39, 0.29) is 12.1 Å². The van der Waals surface area contributed by atoms with E-state index >= 15 is 0 Å². The van der Waals surface area contributed by atoms with Gasteiger partial charge in [0.05, 0.1) is 6.61 Å². The lowest BCUT2D eigenvalue weighted by Gasteiger charge is -2.30. The quantitative estimate of drug-likeness (QED) is 0.701. The summed E-state index contributed by atoms with van der Waals surface area (Å²) in [4.78, 5) is 4.95. The van der Waals surface area contributed by atoms with E-state index in [0.717, 1.165) is 18.9 Å². The summed E-state index contributed by atoms with van der Waals surface area (Å²) in [7, 11) is 4.38. The molecule has 118 valence electrons. The zero-order chi connectivity index (χ0) is 14.8. The third kappa shape index (κ3) is 4.42. The predicted molar refractivity (Wildman–Crippen MR) is 84.0 cm³/mol. The Balaban J connectivity index is 1.70. The van der Waals surface area contributed by atoms with Crippen LogP contribution in [0, 0.1) is 5.92 Å². The summed E-state index contributed by atoms with van der Waals surface area (Å²) >= 11 is 0. The zero-order valence-electron chi connectivity index (χ0n) is 13.7. The van der Waals surface area contributed by atoms with Crippen molar-refractivity contribution in [1.29, 1.82) is 0 Å². The summed E-state index contributed by atoms with van der Waals surface area (Å²) in [5, 5.41) is 13.2. The van der Waals surface area contributed by atoms with Crippen molar-refractivity contribution in [2.45, 2.75) is 57.2 Å². The van der Waals surface area contributed by atoms with Crippen molar-refractivity contribution in [2.75, 3.05) is 40.3 Å². The van der Waals surface area contributed by atoms with E-state index in [9.17, 15) is 5.11 Å². The highest BCUT2D eigenvalue weighted by atomic mass is 16.3. The highest BCUT2D eigenvalue weighted by Gasteiger charge is 2.33. The number of aliphatic hydroxyl groups excluding tert-OH is 1. The SMILES string of the molecule is CC1CN(CCCC(C)(CO)NC2CC2)CC1N(C)C. The second-order valence-electron chi connectivity index (χ2n) is 7.51. The lowest BCUT2D eigenvalue weighted by atomic mass is 9.96. The normalized spacial score (nSPS) is 30.9. The maximum absolute atomic E-state index is 9.63. The van der Waals surface area contributed by atoms with Gasteiger partial charge in [-0.15, -0.1) is 0 Å². The number of likely N-dealkylation sites (N-methyl/N-ethyl adjacent to an activating group) is 1. The molecule has 0 radical (unpaired) electrons. The van der Waals surface area contributed by atoms with Gasteiger partial charge in [-0.1, -0.05) is 6.92 Å². The smallest absolute Gasteiger partial charge is 0.0610 e. The molecule has 2 fully saturated rings. The molecule has 2 rings (SSSR count). The fraction of sp³-hybridized carbons (Fsp3) is 1.00. The van der Waals surface area contributed by atoms with Crippen molar-refractivity contribution >= 4 is 0 Å². The number of nitrogens with one attached hydrogen (secondary N) is 1. The van der Waals surface area contributed by atoms with Crippen LogP contribution in [0.1, 0.15) is 39.5 Å². The Morgan fingerprint density at radius 1 is 1.30 bits per heavy atom. The van der Waals surface area contributed by atoms with Gasteiger partial charge in [-0.3, -0.25) is 0 Å². The third-order valence-corrected chi connectivity index (χ3v) is 4.99. The molecule has 20 heavy (non-hydrogen) atoms. The Morgan fingerprint density at radius 2 is 2.00 bits per heavy atom. The molecule has 1 saturated heterocycles. The molecule has 0 aromatic carbocycles. The third-order valence-electron chi connectivity index (χ3n) is 4.99. The Hall–Kier alpha value is -0.160. The van der Waals surface area contributed by atoms with Gasteiger partial charge in [0, 0.05) is 30.7 Å². The minimum atomic E-state index is -0.0759. The second kappa shape index (κ2) is 6.73. The standard InChI is InChI=1S/C16H33N3O/c1-13-10-19(11-15(13)18(3)4)9-5-8-16(2,12-20)17-14-6-7-14/h13-15,17,20H,5-12H2,1-4H3. The van der Waals surface area contributed by atoms with Crippen molar-refractivity contribution in [2.24, 2.45) is 5.92 Å². The molecule has 3 unspecified atom stereocenters. The lowest BCUT2D eigenvalue weighted by Crippen LogP contribution is -2.47. The first-order chi connectivity index (χ1) is 9.43. The highest BCUT2D eigenvalue weighted by Crippen LogP contribution is 2.25. The number of rotatable bonds is 8. The zero-order valence-corrected chi connectivity index (χ0v) is 13.7. The minimum absolute atomic E-state index is 0.0759. The second-order valence-corrected chi connectivity index (χ2v) is 7.51. The van der Waals surface area contributed by atoms with Crippen LogP contribution in [0.5, 0.6) is 0 Å². The van der Waals surface area contributed by atoms with Gasteiger partial charge in [0.1, 0.15) is 0 Å². The molecule has 0 amide bonds. The van der Waals surface area contributed by atoms with E-state index in [4.69, 9.17) is 0 Å². The van der Waals surface area contributed by atoms with Crippen LogP contribution in [0.15, 0.2) is 0 Å². The first-order valence-electron chi connectivity index (χ1n) is 8.21. The number of likely N-dealkylation sites (tertiary alicyclic amines) is 1. The summed E-state index contributed by atoms with van der Waals surface area (Å²) in [5.41, 5.74) is -0.0759. The van der Waals surface area contributed by atoms with Crippen LogP contribution in [0.25, 0.3) is 0 Å². The Bertz CT molecular complexity index is 306. The average molecular weight is 283 g/mol. The fourth-order valence-corrected chi connectivity index (χ4v) is 3.51. The fourth-order valence-electron chi connectivity index (χ4n) is 3.51. The summed E-state index contributed by atoms with van der Waals surface area (Å²) in [6.07, 6.45) is 4.80. The molecular weight excluding hydrogens is 250 g/mol. The summed E-state index contributed by atoms with van der Waals surface area (Å²) < 4.78 is 0. The molecule has 4 heteroatoms. The number of hydrogen-bond donors (Lipinski definition) is 2. The minimum Gasteiger partial charge on any atom is -0.394 e. The Labute approximate surface area is 124 Å². The molecule has 3 atom stereocenters. The van der Waals surface area contributed by atoms with Crippen LogP contribution in [0.3, 0.4) is 0 Å². The molecule has 0 spiro atoms. The molecule has 0 bridgehead atoms. The van der Waals surface area contributed by atoms with Crippen LogP contribution >= 0.6 is 0 Å². The molecule has 2 N–H and O–H groups in total. The van der Waals surface area contributed by atoms with Gasteiger partial charge in [-0.05, 0) is 59.2 Å². The maximum Gasteiger partial charge on any atom is 0.0610 e. The molecule has 1 saturated carbocycles. The van der Waals surface area contributed by atoms with Crippen molar-refractivity contribution in [3.63, 3.8) is 0 Å². The van der Waals surface area contributed by atoms with Crippen molar-refractivity contribution in [3.05, 3.63) is 0 Å². The van der Waals surface area contributed by atoms with Crippen LogP contribution in [-0.4, -0.2) is 72.9 Å². The Kier molecular flexibility index (Phi) is 5.46. The summed E-state index contributed by atoms with van der Waals surface area (Å²) in [6.45, 7) is 8.35. The van der Waals surface area contributed by atoms with E-state index in [2.05, 4.69) is 43.1 Å². The first kappa shape index (κ1) is 16.2. The van der Waals surface area contributed by atoms with E-state index in [1.807, 2.05) is 0 Å². The predicted octanol–water partition coefficient (Wildman–Crippen LogP) is 1.15. The van der Waals surface area contributed by atoms with Gasteiger partial charge in [-0.25, -0.2) is 0 Å². The van der Waals surface area contributed by atoms with Crippen LogP contribution in [0.2, 0.25) is 0 Å². The number of hydrogen-bond acceptors (Lipinski definition) is 4. The van der Waals surface area contributed by atoms with Gasteiger partial charge >= 0.3 is 0 Å². The summed E-state index contributed by atoms with van der Waals surface area (Å²) in [5.74, 6) is 0.763. The molecule has 0 aromatic rings. The topological polar surface area (TPSA) is 38.7 Å². The van der Waals surface area contributed by atoms with E-state index < -0.39 is 0 Å². The molecule has 4 nitrogen and oxygen atoms in total. The van der Waals surface area contributed by atoms with Gasteiger partial charge in [0.25, 0.3) is 0 Å². The molecule has 0 aromatic heterocycles. The van der Waals surface area contributed by atoms with Crippen LogP contribution in [-0.2, 0) is 0 Å². The van der Waals surface area contributed by atoms with E-state index in [1.54, 1.807) is 0 Å². The van der Waals surface area contributed by atoms with E-state index in [0.29, 0.717) is 12.1 Å². The van der Waals surface area contributed by atoms with Gasteiger partial charge in [0.15, 0.2) is 0 Å². The van der Waals surface area contributed by atoms with Crippen LogP contribution < -0.4 is 5.32 Å². The maximum atomic E-state index is 9.63. The molecule has 2 aliphatic rings.